The van der Waals surface area contributed by atoms with E-state index < -0.39 is 17.9 Å². The Balaban J connectivity index is 2.67. The van der Waals surface area contributed by atoms with E-state index in [0.717, 1.165) is 12.2 Å². The van der Waals surface area contributed by atoms with E-state index >= 15 is 0 Å². The zero-order valence-electron chi connectivity index (χ0n) is 16.1. The Hall–Kier alpha value is -1.93. The molecule has 0 heterocycles. The number of carbonyl (C=O) groups excluding carboxylic acids is 3. The fourth-order valence-corrected chi connectivity index (χ4v) is 3.29. The summed E-state index contributed by atoms with van der Waals surface area (Å²) in [5.41, 5.74) is 0.479. The van der Waals surface area contributed by atoms with Crippen molar-refractivity contribution in [1.82, 2.24) is 0 Å². The molecule has 0 aromatic heterocycles. The van der Waals surface area contributed by atoms with Crippen LogP contribution in [0.15, 0.2) is 36.4 Å². The van der Waals surface area contributed by atoms with Crippen LogP contribution in [-0.2, 0) is 19.0 Å². The molecule has 8 heteroatoms. The summed E-state index contributed by atoms with van der Waals surface area (Å²) in [4.78, 5) is 36.1. The van der Waals surface area contributed by atoms with Gasteiger partial charge in [-0.3, -0.25) is 0 Å². The van der Waals surface area contributed by atoms with Crippen molar-refractivity contribution in [1.29, 1.82) is 0 Å². The Morgan fingerprint density at radius 2 is 1.71 bits per heavy atom. The molecule has 0 N–H and O–H groups in total. The van der Waals surface area contributed by atoms with Gasteiger partial charge in [0, 0.05) is 17.1 Å². The molecule has 1 aromatic carbocycles. The van der Waals surface area contributed by atoms with Gasteiger partial charge in [0.1, 0.15) is 19.3 Å². The molecule has 0 bridgehead atoms. The van der Waals surface area contributed by atoms with Crippen LogP contribution in [0.25, 0.3) is 0 Å². The second kappa shape index (κ2) is 13.3. The molecule has 0 radical (unpaired) electrons. The Morgan fingerprint density at radius 1 is 1.11 bits per heavy atom. The van der Waals surface area contributed by atoms with Gasteiger partial charge >= 0.3 is 17.9 Å². The summed E-state index contributed by atoms with van der Waals surface area (Å²) >= 11 is 5.92. The van der Waals surface area contributed by atoms with E-state index in [0.29, 0.717) is 11.5 Å². The van der Waals surface area contributed by atoms with Crippen molar-refractivity contribution in [2.45, 2.75) is 26.4 Å². The summed E-state index contributed by atoms with van der Waals surface area (Å²) in [5, 5.41) is 0. The van der Waals surface area contributed by atoms with Crippen LogP contribution in [0.4, 0.5) is 0 Å². The number of carbonyl (C=O) groups is 3. The summed E-state index contributed by atoms with van der Waals surface area (Å²) in [5.74, 6) is 0.158. The minimum Gasteiger partial charge on any atom is -0.459 e. The molecule has 0 saturated heterocycles. The van der Waals surface area contributed by atoms with Crippen LogP contribution in [-0.4, -0.2) is 54.5 Å². The molecule has 1 atom stereocenters. The molecule has 28 heavy (non-hydrogen) atoms. The number of rotatable bonds is 12. The summed E-state index contributed by atoms with van der Waals surface area (Å²) in [6.07, 6.45) is 0.687. The maximum absolute atomic E-state index is 12.5. The number of thiol groups is 1. The number of benzene rings is 1. The smallest absolute Gasteiger partial charge is 0.339 e. The highest BCUT2D eigenvalue weighted by molar-refractivity contribution is 7.99. The number of thioether (sulfide) groups is 1. The van der Waals surface area contributed by atoms with E-state index in [9.17, 15) is 14.4 Å². The molecule has 6 nitrogen and oxygen atoms in total. The van der Waals surface area contributed by atoms with Crippen molar-refractivity contribution in [3.8, 4) is 0 Å². The van der Waals surface area contributed by atoms with Gasteiger partial charge in [-0.1, -0.05) is 25.6 Å². The molecular weight excluding hydrogens is 400 g/mol. The zero-order chi connectivity index (χ0) is 20.9. The summed E-state index contributed by atoms with van der Waals surface area (Å²) in [7, 11) is 0. The van der Waals surface area contributed by atoms with Gasteiger partial charge in [0.25, 0.3) is 0 Å². The van der Waals surface area contributed by atoms with Crippen LogP contribution in [0.1, 0.15) is 41.0 Å². The van der Waals surface area contributed by atoms with Gasteiger partial charge < -0.3 is 14.2 Å². The normalized spacial score (nSPS) is 11.4. The average molecular weight is 427 g/mol. The highest BCUT2D eigenvalue weighted by Crippen LogP contribution is 2.15. The van der Waals surface area contributed by atoms with Crippen LogP contribution >= 0.6 is 24.4 Å². The van der Waals surface area contributed by atoms with E-state index in [1.807, 2.05) is 0 Å². The monoisotopic (exact) mass is 426 g/mol. The third-order valence-electron chi connectivity index (χ3n) is 3.39. The van der Waals surface area contributed by atoms with Crippen LogP contribution in [0.3, 0.4) is 0 Å². The van der Waals surface area contributed by atoms with E-state index in [4.69, 9.17) is 14.2 Å². The largest absolute Gasteiger partial charge is 0.459 e. The molecule has 0 aliphatic carbocycles. The van der Waals surface area contributed by atoms with Crippen LogP contribution in [0, 0.1) is 0 Å². The van der Waals surface area contributed by atoms with Crippen molar-refractivity contribution in [2.75, 3.05) is 30.5 Å². The van der Waals surface area contributed by atoms with E-state index in [-0.39, 0.29) is 36.0 Å². The first-order valence-electron chi connectivity index (χ1n) is 8.89. The maximum atomic E-state index is 12.5. The minimum absolute atomic E-state index is 0.0952. The third-order valence-corrected chi connectivity index (χ3v) is 5.11. The first kappa shape index (κ1) is 24.1. The fraction of sp³-hybridized carbons (Fsp3) is 0.450. The van der Waals surface area contributed by atoms with E-state index in [1.165, 1.54) is 19.1 Å². The molecule has 0 spiro atoms. The van der Waals surface area contributed by atoms with Gasteiger partial charge in [-0.25, -0.2) is 14.4 Å². The molecule has 154 valence electrons. The first-order chi connectivity index (χ1) is 13.4. The predicted octanol–water partition coefficient (Wildman–Crippen LogP) is 3.56. The van der Waals surface area contributed by atoms with Crippen molar-refractivity contribution >= 4 is 42.3 Å². The fourth-order valence-electron chi connectivity index (χ4n) is 2.01. The van der Waals surface area contributed by atoms with Gasteiger partial charge in [0.15, 0.2) is 0 Å². The predicted molar refractivity (Wildman–Crippen MR) is 113 cm³/mol. The van der Waals surface area contributed by atoms with Crippen molar-refractivity contribution < 1.29 is 28.6 Å². The average Bonchev–Trinajstić information content (AvgIpc) is 2.69. The Kier molecular flexibility index (Phi) is 11.4. The second-order valence-electron chi connectivity index (χ2n) is 5.88. The van der Waals surface area contributed by atoms with Crippen LogP contribution in [0.2, 0.25) is 0 Å². The molecule has 0 aliphatic rings. The second-order valence-corrected chi connectivity index (χ2v) is 7.40. The standard InChI is InChI=1S/C20H26O6S2/c1-4-11-28-13-15(12-27)26-20(23)17-8-6-5-7-16(17)19(22)25-10-9-24-18(21)14(2)3/h5-8,15,27H,2,4,9-13H2,1,3H3. The maximum Gasteiger partial charge on any atom is 0.339 e. The van der Waals surface area contributed by atoms with Gasteiger partial charge in [-0.15, -0.1) is 0 Å². The summed E-state index contributed by atoms with van der Waals surface area (Å²) in [6.45, 7) is 6.84. The lowest BCUT2D eigenvalue weighted by Gasteiger charge is -2.16. The molecule has 0 saturated carbocycles. The van der Waals surface area contributed by atoms with E-state index in [1.54, 1.807) is 23.9 Å². The third kappa shape index (κ3) is 8.39. The summed E-state index contributed by atoms with van der Waals surface area (Å²) < 4.78 is 15.4. The lowest BCUT2D eigenvalue weighted by atomic mass is 10.1. The van der Waals surface area contributed by atoms with Crippen molar-refractivity contribution in [2.24, 2.45) is 0 Å². The molecule has 0 amide bonds. The number of ether oxygens (including phenoxy) is 3. The van der Waals surface area contributed by atoms with Crippen molar-refractivity contribution in [3.05, 3.63) is 47.5 Å². The molecule has 1 rings (SSSR count). The Bertz CT molecular complexity index is 689. The first-order valence-corrected chi connectivity index (χ1v) is 10.7. The lowest BCUT2D eigenvalue weighted by Crippen LogP contribution is -2.24. The number of hydrogen-bond acceptors (Lipinski definition) is 8. The molecule has 0 aliphatic heterocycles. The highest BCUT2D eigenvalue weighted by atomic mass is 32.2. The number of hydrogen-bond donors (Lipinski definition) is 1. The van der Waals surface area contributed by atoms with Gasteiger partial charge in [-0.2, -0.15) is 24.4 Å². The lowest BCUT2D eigenvalue weighted by molar-refractivity contribution is -0.140. The quantitative estimate of drug-likeness (QED) is 0.180. The van der Waals surface area contributed by atoms with Crippen LogP contribution in [0.5, 0.6) is 0 Å². The molecule has 1 unspecified atom stereocenters. The molecule has 0 fully saturated rings. The molecule has 1 aromatic rings. The van der Waals surface area contributed by atoms with Gasteiger partial charge in [0.2, 0.25) is 0 Å². The van der Waals surface area contributed by atoms with Gasteiger partial charge in [0.05, 0.1) is 11.1 Å². The SMILES string of the molecule is C=C(C)C(=O)OCCOC(=O)c1ccccc1C(=O)OC(CS)CSCCC. The van der Waals surface area contributed by atoms with Crippen molar-refractivity contribution in [3.63, 3.8) is 0 Å². The number of esters is 3. The summed E-state index contributed by atoms with van der Waals surface area (Å²) in [6, 6.07) is 6.26. The minimum atomic E-state index is -0.693. The Labute approximate surface area is 175 Å². The topological polar surface area (TPSA) is 78.9 Å². The Morgan fingerprint density at radius 3 is 2.29 bits per heavy atom. The zero-order valence-corrected chi connectivity index (χ0v) is 17.9. The van der Waals surface area contributed by atoms with E-state index in [2.05, 4.69) is 26.1 Å². The van der Waals surface area contributed by atoms with Gasteiger partial charge in [-0.05, 0) is 31.2 Å². The highest BCUT2D eigenvalue weighted by Gasteiger charge is 2.21. The van der Waals surface area contributed by atoms with Crippen LogP contribution < -0.4 is 0 Å². The molecular formula is C20H26O6S2.